The van der Waals surface area contributed by atoms with Crippen molar-refractivity contribution in [2.45, 2.75) is 12.7 Å². The Bertz CT molecular complexity index is 515. The number of amides is 1. The molecule has 1 heterocycles. The van der Waals surface area contributed by atoms with Crippen molar-refractivity contribution in [2.75, 3.05) is 16.9 Å². The van der Waals surface area contributed by atoms with E-state index in [1.165, 1.54) is 12.1 Å². The molecule has 20 heavy (non-hydrogen) atoms. The van der Waals surface area contributed by atoms with Gasteiger partial charge in [0.2, 0.25) is 5.91 Å². The molecule has 0 saturated carbocycles. The highest BCUT2D eigenvalue weighted by molar-refractivity contribution is 9.10. The van der Waals surface area contributed by atoms with Crippen molar-refractivity contribution in [3.63, 3.8) is 0 Å². The Morgan fingerprint density at radius 3 is 2.95 bits per heavy atom. The minimum absolute atomic E-state index is 0.105. The molecule has 2 rings (SSSR count). The van der Waals surface area contributed by atoms with Gasteiger partial charge in [0.15, 0.2) is 5.75 Å². The van der Waals surface area contributed by atoms with Crippen LogP contribution in [0, 0.1) is 0 Å². The van der Waals surface area contributed by atoms with Crippen molar-refractivity contribution in [2.24, 2.45) is 0 Å². The molecule has 1 amide bonds. The SMILES string of the molecule is O=C(Nc1cc(Cl)cc(Br)c1OC(F)F)C1CSCN1. The quantitative estimate of drug-likeness (QED) is 0.832. The van der Waals surface area contributed by atoms with Crippen molar-refractivity contribution in [3.05, 3.63) is 21.6 Å². The molecule has 1 saturated heterocycles. The highest BCUT2D eigenvalue weighted by Crippen LogP contribution is 2.37. The Kier molecular flexibility index (Phi) is 5.48. The maximum Gasteiger partial charge on any atom is 0.387 e. The Hall–Kier alpha value is -0.570. The first-order valence-electron chi connectivity index (χ1n) is 5.53. The molecule has 0 bridgehead atoms. The van der Waals surface area contributed by atoms with Gasteiger partial charge in [0.05, 0.1) is 16.2 Å². The summed E-state index contributed by atoms with van der Waals surface area (Å²) in [6.45, 7) is -3.00. The van der Waals surface area contributed by atoms with E-state index in [2.05, 4.69) is 31.3 Å². The number of carbonyl (C=O) groups is 1. The summed E-state index contributed by atoms with van der Waals surface area (Å²) in [5.74, 6) is 0.836. The van der Waals surface area contributed by atoms with Gasteiger partial charge >= 0.3 is 6.61 Å². The molecule has 1 unspecified atom stereocenters. The lowest BCUT2D eigenvalue weighted by Gasteiger charge is -2.16. The molecule has 1 aromatic carbocycles. The van der Waals surface area contributed by atoms with Crippen molar-refractivity contribution < 1.29 is 18.3 Å². The lowest BCUT2D eigenvalue weighted by Crippen LogP contribution is -2.37. The highest BCUT2D eigenvalue weighted by atomic mass is 79.9. The molecule has 0 radical (unpaired) electrons. The van der Waals surface area contributed by atoms with Gasteiger partial charge in [-0.3, -0.25) is 10.1 Å². The van der Waals surface area contributed by atoms with Crippen LogP contribution in [0.5, 0.6) is 5.75 Å². The Labute approximate surface area is 131 Å². The number of halogens is 4. The Morgan fingerprint density at radius 1 is 1.60 bits per heavy atom. The molecule has 1 aliphatic rings. The first-order valence-corrected chi connectivity index (χ1v) is 7.86. The van der Waals surface area contributed by atoms with Gasteiger partial charge < -0.3 is 10.1 Å². The average molecular weight is 388 g/mol. The second kappa shape index (κ2) is 6.93. The van der Waals surface area contributed by atoms with E-state index in [9.17, 15) is 13.6 Å². The van der Waals surface area contributed by atoms with E-state index in [0.717, 1.165) is 0 Å². The lowest BCUT2D eigenvalue weighted by molar-refractivity contribution is -0.117. The zero-order valence-corrected chi connectivity index (χ0v) is 13.1. The summed E-state index contributed by atoms with van der Waals surface area (Å²) < 4.78 is 29.5. The molecule has 1 atom stereocenters. The summed E-state index contributed by atoms with van der Waals surface area (Å²) in [5.41, 5.74) is 0.105. The predicted octanol–water partition coefficient (Wildman–Crippen LogP) is 3.30. The third-order valence-corrected chi connectivity index (χ3v) is 4.25. The molecule has 2 N–H and O–H groups in total. The normalized spacial score (nSPS) is 18.4. The topological polar surface area (TPSA) is 50.4 Å². The summed E-state index contributed by atoms with van der Waals surface area (Å²) >= 11 is 10.5. The maximum absolute atomic E-state index is 12.4. The smallest absolute Gasteiger partial charge is 0.387 e. The third-order valence-electron chi connectivity index (χ3n) is 2.51. The second-order valence-electron chi connectivity index (χ2n) is 3.90. The van der Waals surface area contributed by atoms with Gasteiger partial charge in [-0.25, -0.2) is 0 Å². The van der Waals surface area contributed by atoms with Gasteiger partial charge in [0.1, 0.15) is 0 Å². The van der Waals surface area contributed by atoms with Crippen LogP contribution in [0.1, 0.15) is 0 Å². The number of benzene rings is 1. The van der Waals surface area contributed by atoms with Crippen LogP contribution in [-0.2, 0) is 4.79 Å². The summed E-state index contributed by atoms with van der Waals surface area (Å²) in [7, 11) is 0. The van der Waals surface area contributed by atoms with Crippen LogP contribution in [0.15, 0.2) is 16.6 Å². The number of rotatable bonds is 4. The number of alkyl halides is 2. The Balaban J connectivity index is 2.22. The molecule has 9 heteroatoms. The van der Waals surface area contributed by atoms with E-state index in [1.807, 2.05) is 0 Å². The molecule has 1 aromatic rings. The highest BCUT2D eigenvalue weighted by Gasteiger charge is 2.24. The molecule has 0 aliphatic carbocycles. The van der Waals surface area contributed by atoms with E-state index < -0.39 is 6.61 Å². The number of thioether (sulfide) groups is 1. The molecular weight excluding hydrogens is 378 g/mol. The predicted molar refractivity (Wildman–Crippen MR) is 78.7 cm³/mol. The molecule has 1 aliphatic heterocycles. The summed E-state index contributed by atoms with van der Waals surface area (Å²) in [6.07, 6.45) is 0. The maximum atomic E-state index is 12.4. The first kappa shape index (κ1) is 15.8. The molecule has 0 spiro atoms. The third kappa shape index (κ3) is 3.97. The second-order valence-corrected chi connectivity index (χ2v) is 6.22. The monoisotopic (exact) mass is 386 g/mol. The summed E-state index contributed by atoms with van der Waals surface area (Å²) in [4.78, 5) is 12.0. The van der Waals surface area contributed by atoms with Gasteiger partial charge in [-0.15, -0.1) is 11.8 Å². The number of hydrogen-bond donors (Lipinski definition) is 2. The lowest BCUT2D eigenvalue weighted by atomic mass is 10.2. The van der Waals surface area contributed by atoms with E-state index in [-0.39, 0.29) is 27.9 Å². The summed E-state index contributed by atoms with van der Waals surface area (Å²) in [6, 6.07) is 2.42. The van der Waals surface area contributed by atoms with Gasteiger partial charge in [-0.1, -0.05) is 11.6 Å². The van der Waals surface area contributed by atoms with Crippen molar-refractivity contribution in [3.8, 4) is 5.75 Å². The van der Waals surface area contributed by atoms with Crippen LogP contribution in [-0.4, -0.2) is 30.2 Å². The minimum atomic E-state index is -3.00. The number of hydrogen-bond acceptors (Lipinski definition) is 4. The van der Waals surface area contributed by atoms with Gasteiger partial charge in [0, 0.05) is 16.7 Å². The van der Waals surface area contributed by atoms with Crippen molar-refractivity contribution in [1.82, 2.24) is 5.32 Å². The molecule has 4 nitrogen and oxygen atoms in total. The number of nitrogens with one attached hydrogen (secondary N) is 2. The van der Waals surface area contributed by atoms with Crippen molar-refractivity contribution >= 4 is 50.9 Å². The van der Waals surface area contributed by atoms with E-state index in [0.29, 0.717) is 16.7 Å². The molecule has 1 fully saturated rings. The van der Waals surface area contributed by atoms with Crippen LogP contribution < -0.4 is 15.4 Å². The van der Waals surface area contributed by atoms with Crippen LogP contribution in [0.3, 0.4) is 0 Å². The number of carbonyl (C=O) groups excluding carboxylic acids is 1. The zero-order valence-electron chi connectivity index (χ0n) is 9.96. The van der Waals surface area contributed by atoms with E-state index in [1.54, 1.807) is 11.8 Å². The fraction of sp³-hybridized carbons (Fsp3) is 0.364. The van der Waals surface area contributed by atoms with Gasteiger partial charge in [0.25, 0.3) is 0 Å². The van der Waals surface area contributed by atoms with Crippen molar-refractivity contribution in [1.29, 1.82) is 0 Å². The van der Waals surface area contributed by atoms with Gasteiger partial charge in [-0.05, 0) is 28.1 Å². The van der Waals surface area contributed by atoms with Crippen LogP contribution in [0.4, 0.5) is 14.5 Å². The standard InChI is InChI=1S/C11H10BrClF2N2O2S/c12-6-1-5(13)2-7(9(6)19-11(14)15)17-10(18)8-3-20-4-16-8/h1-2,8,11,16H,3-4H2,(H,17,18). The largest absolute Gasteiger partial charge is 0.431 e. The van der Waals surface area contributed by atoms with Crippen LogP contribution >= 0.6 is 39.3 Å². The zero-order chi connectivity index (χ0) is 14.7. The minimum Gasteiger partial charge on any atom is -0.431 e. The average Bonchev–Trinajstić information content (AvgIpc) is 2.87. The summed E-state index contributed by atoms with van der Waals surface area (Å²) in [5, 5.41) is 5.83. The first-order chi connectivity index (χ1) is 9.47. The molecular formula is C11H10BrClF2N2O2S. The van der Waals surface area contributed by atoms with E-state index >= 15 is 0 Å². The Morgan fingerprint density at radius 2 is 2.35 bits per heavy atom. The van der Waals surface area contributed by atoms with Crippen LogP contribution in [0.2, 0.25) is 5.02 Å². The fourth-order valence-corrected chi connectivity index (χ4v) is 3.49. The molecule has 110 valence electrons. The number of ether oxygens (including phenoxy) is 1. The number of anilines is 1. The van der Waals surface area contributed by atoms with E-state index in [4.69, 9.17) is 11.6 Å². The molecule has 0 aromatic heterocycles. The fourth-order valence-electron chi connectivity index (χ4n) is 1.65. The van der Waals surface area contributed by atoms with Crippen LogP contribution in [0.25, 0.3) is 0 Å². The van der Waals surface area contributed by atoms with Gasteiger partial charge in [-0.2, -0.15) is 8.78 Å².